The zero-order chi connectivity index (χ0) is 13.1. The summed E-state index contributed by atoms with van der Waals surface area (Å²) in [5.74, 6) is -1.03. The van der Waals surface area contributed by atoms with Crippen LogP contribution >= 0.6 is 0 Å². The average molecular weight is 239 g/mol. The van der Waals surface area contributed by atoms with Gasteiger partial charge >= 0.3 is 5.97 Å². The van der Waals surface area contributed by atoms with E-state index < -0.39 is 11.6 Å². The highest BCUT2D eigenvalue weighted by molar-refractivity contribution is 5.87. The van der Waals surface area contributed by atoms with Crippen molar-refractivity contribution >= 4 is 5.97 Å². The Labute approximate surface area is 101 Å². The van der Waals surface area contributed by atoms with Crippen molar-refractivity contribution in [3.05, 3.63) is 35.4 Å². The first kappa shape index (κ1) is 13.6. The van der Waals surface area contributed by atoms with Crippen LogP contribution in [-0.4, -0.2) is 36.6 Å². The van der Waals surface area contributed by atoms with Crippen LogP contribution < -0.4 is 0 Å². The number of hydrogen-bond donors (Lipinski definition) is 1. The highest BCUT2D eigenvalue weighted by Gasteiger charge is 2.26. The van der Waals surface area contributed by atoms with Gasteiger partial charge < -0.3 is 10.0 Å². The van der Waals surface area contributed by atoms with Crippen molar-refractivity contribution in [2.75, 3.05) is 20.6 Å². The number of nitrogens with zero attached hydrogens (tertiary/aromatic N) is 1. The van der Waals surface area contributed by atoms with Gasteiger partial charge in [-0.1, -0.05) is 12.1 Å². The van der Waals surface area contributed by atoms with E-state index in [1.165, 1.54) is 19.1 Å². The standard InChI is InChI=1S/C13H18FNO2/c1-13(14,7-8-15(2)3)11-6-4-5-10(9-11)12(16)17/h4-6,9H,7-8H2,1-3H3,(H,16,17). The summed E-state index contributed by atoms with van der Waals surface area (Å²) in [5.41, 5.74) is -0.967. The number of carboxylic acid groups (broad SMARTS) is 1. The van der Waals surface area contributed by atoms with E-state index in [4.69, 9.17) is 5.11 Å². The number of hydrogen-bond acceptors (Lipinski definition) is 2. The van der Waals surface area contributed by atoms with Crippen LogP contribution in [0.4, 0.5) is 4.39 Å². The molecular formula is C13H18FNO2. The summed E-state index contributed by atoms with van der Waals surface area (Å²) in [7, 11) is 3.76. The lowest BCUT2D eigenvalue weighted by Gasteiger charge is -2.23. The molecule has 0 aliphatic carbocycles. The van der Waals surface area contributed by atoms with E-state index in [0.717, 1.165) is 0 Å². The van der Waals surface area contributed by atoms with Gasteiger partial charge in [-0.3, -0.25) is 0 Å². The summed E-state index contributed by atoms with van der Waals surface area (Å²) in [6.45, 7) is 2.10. The molecule has 1 atom stereocenters. The first-order valence-corrected chi connectivity index (χ1v) is 5.50. The molecule has 1 N–H and O–H groups in total. The molecule has 0 aliphatic rings. The predicted octanol–water partition coefficient (Wildman–Crippen LogP) is 2.52. The summed E-state index contributed by atoms with van der Waals surface area (Å²) >= 11 is 0. The molecule has 0 saturated heterocycles. The molecule has 0 heterocycles. The fourth-order valence-electron chi connectivity index (χ4n) is 1.55. The molecular weight excluding hydrogens is 221 g/mol. The van der Waals surface area contributed by atoms with Gasteiger partial charge in [-0.2, -0.15) is 0 Å². The zero-order valence-corrected chi connectivity index (χ0v) is 10.4. The van der Waals surface area contributed by atoms with Crippen molar-refractivity contribution in [1.29, 1.82) is 0 Å². The molecule has 0 fully saturated rings. The molecule has 0 saturated carbocycles. The van der Waals surface area contributed by atoms with Gasteiger partial charge in [0.2, 0.25) is 0 Å². The monoisotopic (exact) mass is 239 g/mol. The molecule has 0 bridgehead atoms. The maximum atomic E-state index is 14.4. The highest BCUT2D eigenvalue weighted by Crippen LogP contribution is 2.29. The molecule has 1 rings (SSSR count). The molecule has 3 nitrogen and oxygen atoms in total. The van der Waals surface area contributed by atoms with Crippen molar-refractivity contribution in [2.24, 2.45) is 0 Å². The second-order valence-electron chi connectivity index (χ2n) is 4.64. The van der Waals surface area contributed by atoms with E-state index >= 15 is 0 Å². The minimum Gasteiger partial charge on any atom is -0.478 e. The second-order valence-corrected chi connectivity index (χ2v) is 4.64. The summed E-state index contributed by atoms with van der Waals surface area (Å²) in [4.78, 5) is 12.7. The first-order chi connectivity index (χ1) is 7.83. The third-order valence-corrected chi connectivity index (χ3v) is 2.74. The van der Waals surface area contributed by atoms with E-state index in [1.807, 2.05) is 19.0 Å². The van der Waals surface area contributed by atoms with Crippen LogP contribution in [0.25, 0.3) is 0 Å². The number of rotatable bonds is 5. The van der Waals surface area contributed by atoms with Gasteiger partial charge in [0.15, 0.2) is 0 Å². The normalized spacial score (nSPS) is 14.6. The largest absolute Gasteiger partial charge is 0.478 e. The summed E-state index contributed by atoms with van der Waals surface area (Å²) in [6.07, 6.45) is 0.336. The van der Waals surface area contributed by atoms with E-state index in [-0.39, 0.29) is 5.56 Å². The lowest BCUT2D eigenvalue weighted by atomic mass is 9.93. The molecule has 0 aromatic heterocycles. The van der Waals surface area contributed by atoms with Crippen molar-refractivity contribution in [3.8, 4) is 0 Å². The Bertz CT molecular complexity index is 402. The summed E-state index contributed by atoms with van der Waals surface area (Å²) in [5, 5.41) is 8.86. The van der Waals surface area contributed by atoms with E-state index in [2.05, 4.69) is 0 Å². The Kier molecular flexibility index (Phi) is 4.23. The molecule has 4 heteroatoms. The van der Waals surface area contributed by atoms with Crippen LogP contribution in [0.15, 0.2) is 24.3 Å². The molecule has 94 valence electrons. The van der Waals surface area contributed by atoms with Crippen LogP contribution in [0.5, 0.6) is 0 Å². The van der Waals surface area contributed by atoms with Crippen molar-refractivity contribution < 1.29 is 14.3 Å². The van der Waals surface area contributed by atoms with E-state index in [0.29, 0.717) is 18.5 Å². The smallest absolute Gasteiger partial charge is 0.335 e. The molecule has 0 radical (unpaired) electrons. The Morgan fingerprint density at radius 1 is 1.47 bits per heavy atom. The van der Waals surface area contributed by atoms with Crippen LogP contribution in [0, 0.1) is 0 Å². The van der Waals surface area contributed by atoms with Gasteiger partial charge in [0.25, 0.3) is 0 Å². The first-order valence-electron chi connectivity index (χ1n) is 5.50. The molecule has 0 aliphatic heterocycles. The second kappa shape index (κ2) is 5.27. The van der Waals surface area contributed by atoms with Crippen LogP contribution in [0.3, 0.4) is 0 Å². The quantitative estimate of drug-likeness (QED) is 0.858. The fraction of sp³-hybridized carbons (Fsp3) is 0.462. The molecule has 1 aromatic rings. The zero-order valence-electron chi connectivity index (χ0n) is 10.4. The van der Waals surface area contributed by atoms with Gasteiger partial charge in [-0.15, -0.1) is 0 Å². The van der Waals surface area contributed by atoms with Crippen molar-refractivity contribution in [1.82, 2.24) is 4.90 Å². The lowest BCUT2D eigenvalue weighted by molar-refractivity contribution is 0.0696. The van der Waals surface area contributed by atoms with Crippen LogP contribution in [0.1, 0.15) is 29.3 Å². The van der Waals surface area contributed by atoms with E-state index in [9.17, 15) is 9.18 Å². The average Bonchev–Trinajstić information content (AvgIpc) is 2.27. The van der Waals surface area contributed by atoms with Gasteiger partial charge in [0.1, 0.15) is 5.67 Å². The molecule has 0 amide bonds. The van der Waals surface area contributed by atoms with Crippen LogP contribution in [-0.2, 0) is 5.67 Å². The Morgan fingerprint density at radius 3 is 2.65 bits per heavy atom. The van der Waals surface area contributed by atoms with Crippen molar-refractivity contribution in [2.45, 2.75) is 19.0 Å². The number of halogens is 1. The van der Waals surface area contributed by atoms with Gasteiger partial charge in [0.05, 0.1) is 5.56 Å². The SMILES string of the molecule is CN(C)CCC(C)(F)c1cccc(C(=O)O)c1. The fourth-order valence-corrected chi connectivity index (χ4v) is 1.55. The van der Waals surface area contributed by atoms with Crippen LogP contribution in [0.2, 0.25) is 0 Å². The predicted molar refractivity (Wildman–Crippen MR) is 65.0 cm³/mol. The third kappa shape index (κ3) is 3.82. The third-order valence-electron chi connectivity index (χ3n) is 2.74. The number of benzene rings is 1. The Morgan fingerprint density at radius 2 is 2.12 bits per heavy atom. The molecule has 1 unspecified atom stereocenters. The number of carboxylic acids is 1. The Hall–Kier alpha value is -1.42. The maximum Gasteiger partial charge on any atom is 0.335 e. The van der Waals surface area contributed by atoms with Gasteiger partial charge in [0, 0.05) is 6.54 Å². The number of alkyl halides is 1. The van der Waals surface area contributed by atoms with E-state index in [1.54, 1.807) is 12.1 Å². The molecule has 17 heavy (non-hydrogen) atoms. The minimum absolute atomic E-state index is 0.122. The van der Waals surface area contributed by atoms with Gasteiger partial charge in [-0.25, -0.2) is 9.18 Å². The highest BCUT2D eigenvalue weighted by atomic mass is 19.1. The topological polar surface area (TPSA) is 40.5 Å². The minimum atomic E-state index is -1.50. The Balaban J connectivity index is 2.90. The maximum absolute atomic E-state index is 14.4. The van der Waals surface area contributed by atoms with Crippen molar-refractivity contribution in [3.63, 3.8) is 0 Å². The lowest BCUT2D eigenvalue weighted by Crippen LogP contribution is -2.24. The number of aromatic carboxylic acids is 1. The molecule has 0 spiro atoms. The summed E-state index contributed by atoms with van der Waals surface area (Å²) in [6, 6.07) is 6.07. The molecule has 1 aromatic carbocycles. The van der Waals surface area contributed by atoms with Gasteiger partial charge in [-0.05, 0) is 45.1 Å². The number of carbonyl (C=O) groups is 1. The summed E-state index contributed by atoms with van der Waals surface area (Å²) < 4.78 is 14.4.